The maximum atomic E-state index is 12.1. The first kappa shape index (κ1) is 17.0. The van der Waals surface area contributed by atoms with Gasteiger partial charge in [0.1, 0.15) is 0 Å². The molecule has 4 nitrogen and oxygen atoms in total. The molecule has 3 N–H and O–H groups in total. The number of benzene rings is 1. The van der Waals surface area contributed by atoms with Crippen molar-refractivity contribution in [1.29, 1.82) is 0 Å². The molecule has 0 atom stereocenters. The summed E-state index contributed by atoms with van der Waals surface area (Å²) >= 11 is 0. The molecule has 1 aromatic rings. The van der Waals surface area contributed by atoms with Crippen LogP contribution >= 0.6 is 0 Å². The first-order valence-corrected chi connectivity index (χ1v) is 8.04. The quantitative estimate of drug-likeness (QED) is 0.802. The van der Waals surface area contributed by atoms with Gasteiger partial charge in [-0.3, -0.25) is 4.79 Å². The molecule has 1 saturated heterocycles. The van der Waals surface area contributed by atoms with Crippen LogP contribution in [-0.2, 0) is 4.79 Å². The Morgan fingerprint density at radius 1 is 1.23 bits per heavy atom. The molecule has 1 heterocycles. The zero-order valence-corrected chi connectivity index (χ0v) is 14.4. The monoisotopic (exact) mass is 303 g/mol. The Morgan fingerprint density at radius 3 is 2.45 bits per heavy atom. The number of amides is 1. The molecule has 0 spiro atoms. The SMILES string of the molecule is Cc1cccc(NC(=O)CNC2CC(C)(C)NC(C)(C)C2)c1. The Labute approximate surface area is 134 Å². The van der Waals surface area contributed by atoms with Crippen molar-refractivity contribution in [2.24, 2.45) is 0 Å². The maximum Gasteiger partial charge on any atom is 0.238 e. The van der Waals surface area contributed by atoms with E-state index >= 15 is 0 Å². The lowest BCUT2D eigenvalue weighted by Gasteiger charge is -2.46. The van der Waals surface area contributed by atoms with Gasteiger partial charge in [-0.15, -0.1) is 0 Å². The van der Waals surface area contributed by atoms with Crippen LogP contribution in [0.15, 0.2) is 24.3 Å². The highest BCUT2D eigenvalue weighted by molar-refractivity contribution is 5.92. The van der Waals surface area contributed by atoms with E-state index in [0.29, 0.717) is 12.6 Å². The molecule has 122 valence electrons. The average molecular weight is 303 g/mol. The van der Waals surface area contributed by atoms with E-state index in [1.165, 1.54) is 0 Å². The summed E-state index contributed by atoms with van der Waals surface area (Å²) in [4.78, 5) is 12.1. The molecule has 1 aromatic carbocycles. The summed E-state index contributed by atoms with van der Waals surface area (Å²) in [6.45, 7) is 11.2. The third-order valence-corrected chi connectivity index (χ3v) is 4.04. The van der Waals surface area contributed by atoms with Gasteiger partial charge in [0.15, 0.2) is 0 Å². The number of hydrogen-bond acceptors (Lipinski definition) is 3. The first-order chi connectivity index (χ1) is 10.2. The lowest BCUT2D eigenvalue weighted by atomic mass is 9.79. The topological polar surface area (TPSA) is 53.2 Å². The van der Waals surface area contributed by atoms with Gasteiger partial charge in [-0.05, 0) is 65.2 Å². The fraction of sp³-hybridized carbons (Fsp3) is 0.611. The van der Waals surface area contributed by atoms with E-state index in [2.05, 4.69) is 43.6 Å². The van der Waals surface area contributed by atoms with E-state index < -0.39 is 0 Å². The summed E-state index contributed by atoms with van der Waals surface area (Å²) in [5.41, 5.74) is 2.18. The summed E-state index contributed by atoms with van der Waals surface area (Å²) in [6, 6.07) is 8.23. The number of rotatable bonds is 4. The van der Waals surface area contributed by atoms with E-state index in [1.54, 1.807) is 0 Å². The third kappa shape index (κ3) is 5.11. The van der Waals surface area contributed by atoms with Gasteiger partial charge in [0, 0.05) is 22.8 Å². The average Bonchev–Trinajstić information content (AvgIpc) is 2.32. The molecule has 1 fully saturated rings. The van der Waals surface area contributed by atoms with Crippen LogP contribution in [0.2, 0.25) is 0 Å². The molecular weight excluding hydrogens is 274 g/mol. The van der Waals surface area contributed by atoms with Gasteiger partial charge in [-0.25, -0.2) is 0 Å². The zero-order valence-electron chi connectivity index (χ0n) is 14.4. The molecule has 2 rings (SSSR count). The number of piperidine rings is 1. The van der Waals surface area contributed by atoms with Crippen LogP contribution in [0.1, 0.15) is 46.1 Å². The van der Waals surface area contributed by atoms with Crippen molar-refractivity contribution in [3.05, 3.63) is 29.8 Å². The Balaban J connectivity index is 1.85. The Hall–Kier alpha value is -1.39. The minimum absolute atomic E-state index is 0.0137. The van der Waals surface area contributed by atoms with Crippen LogP contribution in [0.3, 0.4) is 0 Å². The molecule has 0 aromatic heterocycles. The zero-order chi connectivity index (χ0) is 16.4. The van der Waals surface area contributed by atoms with Crippen molar-refractivity contribution < 1.29 is 4.79 Å². The largest absolute Gasteiger partial charge is 0.325 e. The van der Waals surface area contributed by atoms with Crippen LogP contribution < -0.4 is 16.0 Å². The van der Waals surface area contributed by atoms with Gasteiger partial charge in [0.2, 0.25) is 5.91 Å². The minimum Gasteiger partial charge on any atom is -0.325 e. The van der Waals surface area contributed by atoms with Crippen LogP contribution in [0.4, 0.5) is 5.69 Å². The van der Waals surface area contributed by atoms with Gasteiger partial charge >= 0.3 is 0 Å². The van der Waals surface area contributed by atoms with Crippen molar-refractivity contribution in [2.45, 2.75) is 64.6 Å². The van der Waals surface area contributed by atoms with Crippen molar-refractivity contribution in [2.75, 3.05) is 11.9 Å². The molecule has 1 aliphatic rings. The predicted molar refractivity (Wildman–Crippen MR) is 92.1 cm³/mol. The second-order valence-electron chi connectivity index (χ2n) is 7.80. The molecule has 0 radical (unpaired) electrons. The van der Waals surface area contributed by atoms with Crippen molar-refractivity contribution >= 4 is 11.6 Å². The highest BCUT2D eigenvalue weighted by Crippen LogP contribution is 2.28. The Morgan fingerprint density at radius 2 is 1.86 bits per heavy atom. The summed E-state index contributed by atoms with van der Waals surface area (Å²) in [5, 5.41) is 10.0. The number of hydrogen-bond donors (Lipinski definition) is 3. The smallest absolute Gasteiger partial charge is 0.238 e. The maximum absolute atomic E-state index is 12.1. The van der Waals surface area contributed by atoms with Gasteiger partial charge < -0.3 is 16.0 Å². The second kappa shape index (κ2) is 6.39. The third-order valence-electron chi connectivity index (χ3n) is 4.04. The van der Waals surface area contributed by atoms with E-state index in [4.69, 9.17) is 0 Å². The van der Waals surface area contributed by atoms with Gasteiger partial charge in [0.05, 0.1) is 6.54 Å². The van der Waals surface area contributed by atoms with Gasteiger partial charge in [-0.1, -0.05) is 12.1 Å². The van der Waals surface area contributed by atoms with Crippen molar-refractivity contribution in [1.82, 2.24) is 10.6 Å². The number of carbonyl (C=O) groups is 1. The van der Waals surface area contributed by atoms with Crippen molar-refractivity contribution in [3.63, 3.8) is 0 Å². The standard InChI is InChI=1S/C18H29N3O/c1-13-7-6-8-14(9-13)20-16(22)12-19-15-10-17(2,3)21-18(4,5)11-15/h6-9,15,19,21H,10-12H2,1-5H3,(H,20,22). The number of aryl methyl sites for hydroxylation is 1. The molecule has 0 aliphatic carbocycles. The van der Waals surface area contributed by atoms with Gasteiger partial charge in [-0.2, -0.15) is 0 Å². The predicted octanol–water partition coefficient (Wildman–Crippen LogP) is 2.83. The normalized spacial score (nSPS) is 20.6. The van der Waals surface area contributed by atoms with Crippen molar-refractivity contribution in [3.8, 4) is 0 Å². The molecule has 0 saturated carbocycles. The number of nitrogens with one attached hydrogen (secondary N) is 3. The Kier molecular flexibility index (Phi) is 4.93. The molecule has 1 amide bonds. The molecule has 0 bridgehead atoms. The van der Waals surface area contributed by atoms with E-state index in [1.807, 2.05) is 31.2 Å². The highest BCUT2D eigenvalue weighted by atomic mass is 16.1. The lowest BCUT2D eigenvalue weighted by Crippen LogP contribution is -2.62. The van der Waals surface area contributed by atoms with Gasteiger partial charge in [0.25, 0.3) is 0 Å². The van der Waals surface area contributed by atoms with Crippen LogP contribution in [0, 0.1) is 6.92 Å². The fourth-order valence-electron chi connectivity index (χ4n) is 3.63. The van der Waals surface area contributed by atoms with E-state index in [9.17, 15) is 4.79 Å². The minimum atomic E-state index is 0.0137. The number of anilines is 1. The second-order valence-corrected chi connectivity index (χ2v) is 7.80. The molecule has 0 unspecified atom stereocenters. The first-order valence-electron chi connectivity index (χ1n) is 8.04. The highest BCUT2D eigenvalue weighted by Gasteiger charge is 2.37. The Bertz CT molecular complexity index is 521. The summed E-state index contributed by atoms with van der Waals surface area (Å²) in [5.74, 6) is 0.0137. The molecule has 4 heteroatoms. The fourth-order valence-corrected chi connectivity index (χ4v) is 3.63. The van der Waals surface area contributed by atoms with E-state index in [-0.39, 0.29) is 17.0 Å². The summed E-state index contributed by atoms with van der Waals surface area (Å²) < 4.78 is 0. The summed E-state index contributed by atoms with van der Waals surface area (Å²) in [7, 11) is 0. The lowest BCUT2D eigenvalue weighted by molar-refractivity contribution is -0.115. The van der Waals surface area contributed by atoms with Crippen LogP contribution in [-0.4, -0.2) is 29.6 Å². The summed E-state index contributed by atoms with van der Waals surface area (Å²) in [6.07, 6.45) is 2.04. The molecule has 1 aliphatic heterocycles. The van der Waals surface area contributed by atoms with Crippen LogP contribution in [0.5, 0.6) is 0 Å². The van der Waals surface area contributed by atoms with Crippen LogP contribution in [0.25, 0.3) is 0 Å². The number of carbonyl (C=O) groups excluding carboxylic acids is 1. The van der Waals surface area contributed by atoms with E-state index in [0.717, 1.165) is 24.1 Å². The molecule has 22 heavy (non-hydrogen) atoms. The molecular formula is C18H29N3O.